The van der Waals surface area contributed by atoms with Gasteiger partial charge in [-0.3, -0.25) is 9.50 Å². The number of benzene rings is 1. The first-order valence-corrected chi connectivity index (χ1v) is 9.78. The van der Waals surface area contributed by atoms with Gasteiger partial charge in [-0.15, -0.1) is 0 Å². The highest BCUT2D eigenvalue weighted by Crippen LogP contribution is 2.29. The lowest BCUT2D eigenvalue weighted by Crippen LogP contribution is -2.20. The number of anilines is 2. The van der Waals surface area contributed by atoms with Gasteiger partial charge < -0.3 is 14.8 Å². The molecule has 0 spiro atoms. The summed E-state index contributed by atoms with van der Waals surface area (Å²) in [5.41, 5.74) is 2.43. The standard InChI is InChI=1S/C21H21FN6O2/c1-13-11-17(27-26-13)23-21-25-20(24-18-3-2-9-28(18)21)19(30-16-8-10-29-12-16)14-4-6-15(22)7-5-14/h2-7,9,11,16,19H,8,10,12H2,1H3,(H2,23,24,25,26,27)/t16-,19?/m1/s1. The molecule has 1 saturated heterocycles. The fourth-order valence-electron chi connectivity index (χ4n) is 3.49. The van der Waals surface area contributed by atoms with E-state index in [1.54, 1.807) is 12.1 Å². The normalized spacial score (nSPS) is 17.5. The lowest BCUT2D eigenvalue weighted by atomic mass is 10.1. The maximum Gasteiger partial charge on any atom is 0.216 e. The zero-order valence-electron chi connectivity index (χ0n) is 16.4. The van der Waals surface area contributed by atoms with Crippen molar-refractivity contribution in [3.63, 3.8) is 0 Å². The van der Waals surface area contributed by atoms with Crippen LogP contribution >= 0.6 is 0 Å². The van der Waals surface area contributed by atoms with Crippen LogP contribution in [0.3, 0.4) is 0 Å². The first-order chi connectivity index (χ1) is 14.7. The molecule has 8 nitrogen and oxygen atoms in total. The minimum Gasteiger partial charge on any atom is -0.379 e. The zero-order chi connectivity index (χ0) is 20.5. The number of H-pyrrole nitrogens is 1. The van der Waals surface area contributed by atoms with Crippen LogP contribution in [0.1, 0.15) is 29.6 Å². The highest BCUT2D eigenvalue weighted by molar-refractivity contribution is 5.54. The summed E-state index contributed by atoms with van der Waals surface area (Å²) in [7, 11) is 0. The summed E-state index contributed by atoms with van der Waals surface area (Å²) in [4.78, 5) is 9.45. The summed E-state index contributed by atoms with van der Waals surface area (Å²) in [6.45, 7) is 3.10. The van der Waals surface area contributed by atoms with Gasteiger partial charge in [0.25, 0.3) is 0 Å². The third-order valence-corrected chi connectivity index (χ3v) is 4.97. The van der Waals surface area contributed by atoms with Crippen LogP contribution in [0.25, 0.3) is 5.65 Å². The van der Waals surface area contributed by atoms with E-state index in [9.17, 15) is 4.39 Å². The summed E-state index contributed by atoms with van der Waals surface area (Å²) in [6, 6.07) is 11.9. The van der Waals surface area contributed by atoms with Gasteiger partial charge in [-0.25, -0.2) is 9.37 Å². The van der Waals surface area contributed by atoms with Gasteiger partial charge in [-0.05, 0) is 43.2 Å². The molecule has 1 fully saturated rings. The molecule has 3 aromatic heterocycles. The Hall–Kier alpha value is -3.30. The maximum absolute atomic E-state index is 13.5. The SMILES string of the molecule is Cc1cc(Nc2nc(C(O[C@@H]3CCOC3)c3ccc(F)cc3)nc3cccn23)n[nH]1. The smallest absolute Gasteiger partial charge is 0.216 e. The minimum atomic E-state index is -0.557. The van der Waals surface area contributed by atoms with Crippen molar-refractivity contribution >= 4 is 17.4 Å². The summed E-state index contributed by atoms with van der Waals surface area (Å²) in [6.07, 6.45) is 2.04. The van der Waals surface area contributed by atoms with Crippen molar-refractivity contribution < 1.29 is 13.9 Å². The molecule has 2 atom stereocenters. The van der Waals surface area contributed by atoms with E-state index in [0.717, 1.165) is 17.7 Å². The van der Waals surface area contributed by atoms with Crippen molar-refractivity contribution in [3.8, 4) is 0 Å². The number of aryl methyl sites for hydroxylation is 1. The van der Waals surface area contributed by atoms with Gasteiger partial charge in [-0.1, -0.05) is 12.1 Å². The van der Waals surface area contributed by atoms with Gasteiger partial charge in [0, 0.05) is 24.6 Å². The van der Waals surface area contributed by atoms with Crippen LogP contribution < -0.4 is 5.32 Å². The number of hydrogen-bond acceptors (Lipinski definition) is 6. The number of fused-ring (bicyclic) bond motifs is 1. The third kappa shape index (κ3) is 3.77. The predicted molar refractivity (Wildman–Crippen MR) is 108 cm³/mol. The largest absolute Gasteiger partial charge is 0.379 e. The molecule has 0 amide bonds. The van der Waals surface area contributed by atoms with Crippen LogP contribution in [0.2, 0.25) is 0 Å². The number of nitrogens with zero attached hydrogens (tertiary/aromatic N) is 4. The molecule has 1 unspecified atom stereocenters. The Balaban J connectivity index is 1.57. The lowest BCUT2D eigenvalue weighted by molar-refractivity contribution is -0.000909. The molecule has 1 aliphatic heterocycles. The Bertz CT molecular complexity index is 1150. The van der Waals surface area contributed by atoms with E-state index in [0.29, 0.717) is 36.5 Å². The third-order valence-electron chi connectivity index (χ3n) is 4.97. The number of nitrogens with one attached hydrogen (secondary N) is 2. The molecular weight excluding hydrogens is 387 g/mol. The molecule has 4 heterocycles. The molecule has 5 rings (SSSR count). The van der Waals surface area contributed by atoms with Crippen molar-refractivity contribution in [2.45, 2.75) is 25.6 Å². The van der Waals surface area contributed by atoms with E-state index >= 15 is 0 Å². The summed E-state index contributed by atoms with van der Waals surface area (Å²) in [5, 5.41) is 10.4. The lowest BCUT2D eigenvalue weighted by Gasteiger charge is -2.21. The second-order valence-corrected chi connectivity index (χ2v) is 7.26. The Morgan fingerprint density at radius 1 is 1.27 bits per heavy atom. The minimum absolute atomic E-state index is 0.0722. The molecular formula is C21H21FN6O2. The number of rotatable bonds is 6. The number of hydrogen-bond donors (Lipinski definition) is 2. The van der Waals surface area contributed by atoms with Gasteiger partial charge in [0.2, 0.25) is 5.95 Å². The summed E-state index contributed by atoms with van der Waals surface area (Å²) in [5.74, 6) is 1.39. The molecule has 4 aromatic rings. The van der Waals surface area contributed by atoms with Crippen LogP contribution in [0.15, 0.2) is 48.7 Å². The number of halogens is 1. The van der Waals surface area contributed by atoms with Crippen molar-refractivity contribution in [3.05, 3.63) is 71.6 Å². The van der Waals surface area contributed by atoms with Crippen LogP contribution in [-0.2, 0) is 9.47 Å². The van der Waals surface area contributed by atoms with Crippen LogP contribution in [-0.4, -0.2) is 43.9 Å². The van der Waals surface area contributed by atoms with Gasteiger partial charge in [0.05, 0.1) is 12.7 Å². The van der Waals surface area contributed by atoms with Crippen LogP contribution in [0.4, 0.5) is 16.2 Å². The van der Waals surface area contributed by atoms with Crippen LogP contribution in [0, 0.1) is 12.7 Å². The van der Waals surface area contributed by atoms with E-state index in [4.69, 9.17) is 19.4 Å². The highest BCUT2D eigenvalue weighted by atomic mass is 19.1. The Morgan fingerprint density at radius 2 is 2.13 bits per heavy atom. The molecule has 0 saturated carbocycles. The van der Waals surface area contributed by atoms with E-state index < -0.39 is 6.10 Å². The molecule has 2 N–H and O–H groups in total. The van der Waals surface area contributed by atoms with E-state index in [1.165, 1.54) is 12.1 Å². The predicted octanol–water partition coefficient (Wildman–Crippen LogP) is 3.54. The first kappa shape index (κ1) is 18.7. The monoisotopic (exact) mass is 408 g/mol. The van der Waals surface area contributed by atoms with E-state index in [1.807, 2.05) is 35.7 Å². The fourth-order valence-corrected chi connectivity index (χ4v) is 3.49. The van der Waals surface area contributed by atoms with Gasteiger partial charge in [0.1, 0.15) is 17.6 Å². The van der Waals surface area contributed by atoms with Gasteiger partial charge >= 0.3 is 0 Å². The molecule has 0 aliphatic carbocycles. The van der Waals surface area contributed by atoms with Crippen molar-refractivity contribution in [2.75, 3.05) is 18.5 Å². The average molecular weight is 408 g/mol. The highest BCUT2D eigenvalue weighted by Gasteiger charge is 2.27. The quantitative estimate of drug-likeness (QED) is 0.507. The summed E-state index contributed by atoms with van der Waals surface area (Å²) >= 11 is 0. The molecule has 0 radical (unpaired) electrons. The van der Waals surface area contributed by atoms with Crippen molar-refractivity contribution in [1.82, 2.24) is 24.6 Å². The molecule has 1 aliphatic rings. The molecule has 30 heavy (non-hydrogen) atoms. The fraction of sp³-hybridized carbons (Fsp3) is 0.286. The van der Waals surface area contributed by atoms with Crippen molar-refractivity contribution in [2.24, 2.45) is 0 Å². The molecule has 0 bridgehead atoms. The Morgan fingerprint density at radius 3 is 2.87 bits per heavy atom. The summed E-state index contributed by atoms with van der Waals surface area (Å²) < 4.78 is 27.1. The van der Waals surface area contributed by atoms with E-state index in [2.05, 4.69) is 15.5 Å². The van der Waals surface area contributed by atoms with Crippen molar-refractivity contribution in [1.29, 1.82) is 0 Å². The molecule has 9 heteroatoms. The maximum atomic E-state index is 13.5. The van der Waals surface area contributed by atoms with Crippen LogP contribution in [0.5, 0.6) is 0 Å². The van der Waals surface area contributed by atoms with Gasteiger partial charge in [-0.2, -0.15) is 10.1 Å². The van der Waals surface area contributed by atoms with E-state index in [-0.39, 0.29) is 11.9 Å². The number of aromatic nitrogens is 5. The Kier molecular flexibility index (Phi) is 4.89. The average Bonchev–Trinajstić information content (AvgIpc) is 3.49. The first-order valence-electron chi connectivity index (χ1n) is 9.78. The topological polar surface area (TPSA) is 89.4 Å². The number of ether oxygens (including phenoxy) is 2. The van der Waals surface area contributed by atoms with Gasteiger partial charge in [0.15, 0.2) is 11.6 Å². The second kappa shape index (κ2) is 7.85. The molecule has 154 valence electrons. The Labute approximate surface area is 172 Å². The molecule has 1 aromatic carbocycles. The second-order valence-electron chi connectivity index (χ2n) is 7.26. The zero-order valence-corrected chi connectivity index (χ0v) is 16.4. The number of aromatic amines is 1.